The van der Waals surface area contributed by atoms with E-state index in [2.05, 4.69) is 0 Å². The third-order valence-corrected chi connectivity index (χ3v) is 6.42. The van der Waals surface area contributed by atoms with Gasteiger partial charge >= 0.3 is 5.97 Å². The van der Waals surface area contributed by atoms with Crippen LogP contribution in [0.1, 0.15) is 19.8 Å². The van der Waals surface area contributed by atoms with Gasteiger partial charge < -0.3 is 10.0 Å². The molecule has 1 aliphatic rings. The zero-order valence-corrected chi connectivity index (χ0v) is 15.6. The first kappa shape index (κ1) is 19.7. The summed E-state index contributed by atoms with van der Waals surface area (Å²) in [6, 6.07) is 4.72. The second-order valence-corrected chi connectivity index (χ2v) is 8.77. The molecule has 0 spiro atoms. The van der Waals surface area contributed by atoms with Gasteiger partial charge in [-0.15, -0.1) is 0 Å². The molecular weight excluding hydrogens is 368 g/mol. The molecule has 2 atom stereocenters. The normalized spacial score (nSPS) is 21.4. The summed E-state index contributed by atoms with van der Waals surface area (Å²) >= 11 is 5.76. The smallest absolute Gasteiger partial charge is 0.326 e. The number of hydrogen-bond acceptors (Lipinski definition) is 4. The Balaban J connectivity index is 2.13. The average Bonchev–Trinajstić information content (AvgIpc) is 2.54. The molecule has 0 bridgehead atoms. The molecule has 0 aromatic heterocycles. The Hall–Kier alpha value is -1.64. The van der Waals surface area contributed by atoms with Crippen LogP contribution in [0.3, 0.4) is 0 Å². The van der Waals surface area contributed by atoms with E-state index < -0.39 is 34.5 Å². The second-order valence-electron chi connectivity index (χ2n) is 6.29. The van der Waals surface area contributed by atoms with Gasteiger partial charge in [-0.3, -0.25) is 4.79 Å². The molecule has 0 saturated carbocycles. The van der Waals surface area contributed by atoms with Crippen LogP contribution in [-0.2, 0) is 19.6 Å². The fourth-order valence-electron chi connectivity index (χ4n) is 2.83. The lowest BCUT2D eigenvalue weighted by Gasteiger charge is -2.36. The maximum absolute atomic E-state index is 12.5. The van der Waals surface area contributed by atoms with Gasteiger partial charge in [0.15, 0.2) is 0 Å². The number of benzene rings is 1. The summed E-state index contributed by atoms with van der Waals surface area (Å²) in [5.41, 5.74) is 0. The molecule has 1 amide bonds. The van der Waals surface area contributed by atoms with E-state index in [-0.39, 0.29) is 10.8 Å². The van der Waals surface area contributed by atoms with Crippen LogP contribution in [0.2, 0.25) is 5.02 Å². The fraction of sp³-hybridized carbons (Fsp3) is 0.500. The summed E-state index contributed by atoms with van der Waals surface area (Å²) in [5, 5.41) is 9.74. The third kappa shape index (κ3) is 4.50. The number of likely N-dealkylation sites (N-methyl/N-ethyl adjacent to an activating group) is 1. The van der Waals surface area contributed by atoms with Crippen LogP contribution < -0.4 is 0 Å². The van der Waals surface area contributed by atoms with Crippen LogP contribution in [0.25, 0.3) is 0 Å². The molecule has 1 heterocycles. The van der Waals surface area contributed by atoms with Gasteiger partial charge in [0.05, 0.1) is 11.4 Å². The quantitative estimate of drug-likeness (QED) is 0.827. The van der Waals surface area contributed by atoms with E-state index in [4.69, 9.17) is 11.6 Å². The second kappa shape index (κ2) is 7.72. The summed E-state index contributed by atoms with van der Waals surface area (Å²) < 4.78 is 26.0. The van der Waals surface area contributed by atoms with E-state index in [1.54, 1.807) is 0 Å². The monoisotopic (exact) mass is 388 g/mol. The molecule has 1 saturated heterocycles. The first-order valence-corrected chi connectivity index (χ1v) is 9.69. The first-order valence-electron chi connectivity index (χ1n) is 7.87. The number of hydrogen-bond donors (Lipinski definition) is 1. The van der Waals surface area contributed by atoms with E-state index in [9.17, 15) is 23.1 Å². The highest BCUT2D eigenvalue weighted by Crippen LogP contribution is 2.24. The van der Waals surface area contributed by atoms with Crippen LogP contribution in [0.4, 0.5) is 0 Å². The molecule has 7 nitrogen and oxygen atoms in total. The molecule has 2 rings (SSSR count). The number of aliphatic carboxylic acids is 1. The first-order chi connectivity index (χ1) is 11.6. The van der Waals surface area contributed by atoms with Crippen molar-refractivity contribution in [2.24, 2.45) is 5.92 Å². The Morgan fingerprint density at radius 1 is 1.32 bits per heavy atom. The maximum atomic E-state index is 12.5. The number of piperidine rings is 1. The molecule has 9 heteroatoms. The minimum absolute atomic E-state index is 0.0225. The Morgan fingerprint density at radius 2 is 1.92 bits per heavy atom. The minimum atomic E-state index is -3.86. The van der Waals surface area contributed by atoms with Crippen molar-refractivity contribution in [2.75, 3.05) is 20.1 Å². The van der Waals surface area contributed by atoms with Crippen LogP contribution in [-0.4, -0.2) is 60.8 Å². The lowest BCUT2D eigenvalue weighted by atomic mass is 9.92. The number of rotatable bonds is 5. The van der Waals surface area contributed by atoms with E-state index in [0.29, 0.717) is 24.4 Å². The van der Waals surface area contributed by atoms with E-state index >= 15 is 0 Å². The molecular formula is C16H21ClN2O5S. The third-order valence-electron chi connectivity index (χ3n) is 4.35. The molecule has 25 heavy (non-hydrogen) atoms. The molecule has 1 fully saturated rings. The molecule has 2 unspecified atom stereocenters. The van der Waals surface area contributed by atoms with Crippen molar-refractivity contribution >= 4 is 33.5 Å². The van der Waals surface area contributed by atoms with E-state index in [0.717, 1.165) is 4.31 Å². The zero-order valence-electron chi connectivity index (χ0n) is 14.1. The van der Waals surface area contributed by atoms with Crippen molar-refractivity contribution in [3.8, 4) is 0 Å². The Kier molecular flexibility index (Phi) is 6.08. The van der Waals surface area contributed by atoms with Gasteiger partial charge in [0.2, 0.25) is 15.9 Å². The highest BCUT2D eigenvalue weighted by molar-refractivity contribution is 7.89. The lowest BCUT2D eigenvalue weighted by molar-refractivity contribution is -0.153. The topological polar surface area (TPSA) is 95.0 Å². The predicted molar refractivity (Wildman–Crippen MR) is 92.8 cm³/mol. The Bertz CT molecular complexity index is 750. The minimum Gasteiger partial charge on any atom is -0.480 e. The van der Waals surface area contributed by atoms with Gasteiger partial charge in [-0.05, 0) is 43.0 Å². The predicted octanol–water partition coefficient (Wildman–Crippen LogP) is 1.67. The zero-order chi connectivity index (χ0) is 18.8. The molecule has 1 aromatic carbocycles. The van der Waals surface area contributed by atoms with Crippen LogP contribution >= 0.6 is 11.6 Å². The van der Waals surface area contributed by atoms with Gasteiger partial charge in [0.1, 0.15) is 6.04 Å². The number of carboxylic acids is 1. The van der Waals surface area contributed by atoms with E-state index in [1.807, 2.05) is 6.92 Å². The number of sulfonamides is 1. The van der Waals surface area contributed by atoms with Crippen molar-refractivity contribution in [3.63, 3.8) is 0 Å². The largest absolute Gasteiger partial charge is 0.480 e. The van der Waals surface area contributed by atoms with Crippen molar-refractivity contribution in [2.45, 2.75) is 30.7 Å². The lowest BCUT2D eigenvalue weighted by Crippen LogP contribution is -2.52. The van der Waals surface area contributed by atoms with Crippen molar-refractivity contribution in [1.29, 1.82) is 0 Å². The number of likely N-dealkylation sites (tertiary alicyclic amines) is 1. The van der Waals surface area contributed by atoms with E-state index in [1.165, 1.54) is 36.2 Å². The van der Waals surface area contributed by atoms with Gasteiger partial charge in [0, 0.05) is 18.6 Å². The molecule has 1 aromatic rings. The van der Waals surface area contributed by atoms with Gasteiger partial charge in [-0.2, -0.15) is 4.31 Å². The highest BCUT2D eigenvalue weighted by atomic mass is 35.5. The summed E-state index contributed by atoms with van der Waals surface area (Å²) in [7, 11) is -2.56. The Labute approximate surface area is 152 Å². The molecule has 0 radical (unpaired) electrons. The number of amides is 1. The van der Waals surface area contributed by atoms with Gasteiger partial charge in [0.25, 0.3) is 0 Å². The van der Waals surface area contributed by atoms with Crippen molar-refractivity contribution < 1.29 is 23.1 Å². The summed E-state index contributed by atoms with van der Waals surface area (Å²) in [5.74, 6) is -1.37. The standard InChI is InChI=1S/C16H21ClN2O5S/c1-11-7-8-19(14(9-11)16(21)22)15(20)10-18(2)25(23,24)13-5-3-12(17)4-6-13/h3-6,11,14H,7-10H2,1-2H3,(H,21,22). The van der Waals surface area contributed by atoms with Gasteiger partial charge in [-0.25, -0.2) is 13.2 Å². The number of halogens is 1. The molecule has 138 valence electrons. The maximum Gasteiger partial charge on any atom is 0.326 e. The number of carboxylic acid groups (broad SMARTS) is 1. The fourth-order valence-corrected chi connectivity index (χ4v) is 4.07. The van der Waals surface area contributed by atoms with Crippen LogP contribution in [0, 0.1) is 5.92 Å². The average molecular weight is 389 g/mol. The number of carbonyl (C=O) groups excluding carboxylic acids is 1. The number of nitrogens with zero attached hydrogens (tertiary/aromatic N) is 2. The summed E-state index contributed by atoms with van der Waals surface area (Å²) in [4.78, 5) is 25.2. The summed E-state index contributed by atoms with van der Waals surface area (Å²) in [6.07, 6.45) is 1.07. The molecule has 1 aliphatic heterocycles. The summed E-state index contributed by atoms with van der Waals surface area (Å²) in [6.45, 7) is 1.84. The highest BCUT2D eigenvalue weighted by Gasteiger charge is 2.36. The van der Waals surface area contributed by atoms with Crippen molar-refractivity contribution in [1.82, 2.24) is 9.21 Å². The molecule has 1 N–H and O–H groups in total. The van der Waals surface area contributed by atoms with Crippen molar-refractivity contribution in [3.05, 3.63) is 29.3 Å². The SMILES string of the molecule is CC1CCN(C(=O)CN(C)S(=O)(=O)c2ccc(Cl)cc2)C(C(=O)O)C1. The Morgan fingerprint density at radius 3 is 2.48 bits per heavy atom. The number of carbonyl (C=O) groups is 2. The van der Waals surface area contributed by atoms with Crippen LogP contribution in [0.5, 0.6) is 0 Å². The van der Waals surface area contributed by atoms with Gasteiger partial charge in [-0.1, -0.05) is 18.5 Å². The van der Waals surface area contributed by atoms with Crippen LogP contribution in [0.15, 0.2) is 29.2 Å². The molecule has 0 aliphatic carbocycles.